The first-order valence-electron chi connectivity index (χ1n) is 6.47. The molecule has 0 amide bonds. The minimum absolute atomic E-state index is 0.356. The van der Waals surface area contributed by atoms with Crippen LogP contribution in [0.15, 0.2) is 24.3 Å². The molecule has 1 fully saturated rings. The van der Waals surface area contributed by atoms with Crippen molar-refractivity contribution >= 4 is 0 Å². The Labute approximate surface area is 103 Å². The van der Waals surface area contributed by atoms with Gasteiger partial charge in [-0.25, -0.2) is 0 Å². The van der Waals surface area contributed by atoms with E-state index in [1.807, 2.05) is 12.1 Å². The number of nitrogens with one attached hydrogen (secondary N) is 1. The second-order valence-electron chi connectivity index (χ2n) is 4.75. The highest BCUT2D eigenvalue weighted by Gasteiger charge is 2.25. The standard InChI is InChI=1S/C14H22N2O/c1-3-16(13-7-8-15-10-13)11(2)12-5-4-6-14(17)9-12/h4-6,9,11,13,15,17H,3,7-8,10H2,1-2H3. The number of likely N-dealkylation sites (N-methyl/N-ethyl adjacent to an activating group) is 1. The lowest BCUT2D eigenvalue weighted by Crippen LogP contribution is -2.38. The van der Waals surface area contributed by atoms with Crippen LogP contribution in [0.5, 0.6) is 5.75 Å². The van der Waals surface area contributed by atoms with Crippen LogP contribution in [0.25, 0.3) is 0 Å². The third-order valence-electron chi connectivity index (χ3n) is 3.72. The van der Waals surface area contributed by atoms with Crippen molar-refractivity contribution in [1.82, 2.24) is 10.2 Å². The van der Waals surface area contributed by atoms with Crippen molar-refractivity contribution in [3.63, 3.8) is 0 Å². The molecule has 2 N–H and O–H groups in total. The SMILES string of the molecule is CCN(C1CCNC1)C(C)c1cccc(O)c1. The van der Waals surface area contributed by atoms with Gasteiger partial charge in [-0.3, -0.25) is 4.90 Å². The molecule has 1 saturated heterocycles. The molecule has 0 bridgehead atoms. The van der Waals surface area contributed by atoms with Crippen molar-refractivity contribution in [2.45, 2.75) is 32.4 Å². The molecule has 2 atom stereocenters. The molecule has 1 aromatic carbocycles. The van der Waals surface area contributed by atoms with Crippen molar-refractivity contribution in [3.05, 3.63) is 29.8 Å². The maximum Gasteiger partial charge on any atom is 0.115 e. The molecule has 0 aromatic heterocycles. The first kappa shape index (κ1) is 12.4. The molecule has 2 rings (SSSR count). The lowest BCUT2D eigenvalue weighted by molar-refractivity contribution is 0.162. The van der Waals surface area contributed by atoms with E-state index in [2.05, 4.69) is 30.1 Å². The van der Waals surface area contributed by atoms with Gasteiger partial charge in [-0.05, 0) is 44.1 Å². The Morgan fingerprint density at radius 3 is 2.94 bits per heavy atom. The van der Waals surface area contributed by atoms with Gasteiger partial charge < -0.3 is 10.4 Å². The normalized spacial score (nSPS) is 21.9. The lowest BCUT2D eigenvalue weighted by atomic mass is 10.0. The van der Waals surface area contributed by atoms with Crippen molar-refractivity contribution in [1.29, 1.82) is 0 Å². The van der Waals surface area contributed by atoms with Gasteiger partial charge in [-0.1, -0.05) is 19.1 Å². The lowest BCUT2D eigenvalue weighted by Gasteiger charge is -2.33. The van der Waals surface area contributed by atoms with E-state index in [0.717, 1.165) is 19.6 Å². The van der Waals surface area contributed by atoms with Gasteiger partial charge in [0.1, 0.15) is 5.75 Å². The van der Waals surface area contributed by atoms with Crippen LogP contribution in [0.3, 0.4) is 0 Å². The van der Waals surface area contributed by atoms with Gasteiger partial charge >= 0.3 is 0 Å². The first-order chi connectivity index (χ1) is 8.22. The Morgan fingerprint density at radius 2 is 2.35 bits per heavy atom. The topological polar surface area (TPSA) is 35.5 Å². The largest absolute Gasteiger partial charge is 0.508 e. The summed E-state index contributed by atoms with van der Waals surface area (Å²) in [4.78, 5) is 2.51. The third kappa shape index (κ3) is 2.79. The zero-order chi connectivity index (χ0) is 12.3. The monoisotopic (exact) mass is 234 g/mol. The van der Waals surface area contributed by atoms with E-state index in [9.17, 15) is 5.11 Å². The Kier molecular flexibility index (Phi) is 4.02. The quantitative estimate of drug-likeness (QED) is 0.838. The molecule has 1 heterocycles. The van der Waals surface area contributed by atoms with Crippen molar-refractivity contribution in [2.24, 2.45) is 0 Å². The van der Waals surface area contributed by atoms with E-state index < -0.39 is 0 Å². The van der Waals surface area contributed by atoms with E-state index in [1.54, 1.807) is 6.07 Å². The van der Waals surface area contributed by atoms with E-state index in [4.69, 9.17) is 0 Å². The van der Waals surface area contributed by atoms with Crippen molar-refractivity contribution in [3.8, 4) is 5.75 Å². The fourth-order valence-electron chi connectivity index (χ4n) is 2.75. The molecule has 94 valence electrons. The molecular formula is C14H22N2O. The van der Waals surface area contributed by atoms with Gasteiger partial charge in [0.15, 0.2) is 0 Å². The van der Waals surface area contributed by atoms with E-state index in [-0.39, 0.29) is 0 Å². The molecule has 0 spiro atoms. The summed E-state index contributed by atoms with van der Waals surface area (Å²) in [5.74, 6) is 0.356. The Hall–Kier alpha value is -1.06. The fraction of sp³-hybridized carbons (Fsp3) is 0.571. The summed E-state index contributed by atoms with van der Waals surface area (Å²) in [6.07, 6.45) is 1.22. The maximum atomic E-state index is 9.55. The van der Waals surface area contributed by atoms with Crippen molar-refractivity contribution in [2.75, 3.05) is 19.6 Å². The molecular weight excluding hydrogens is 212 g/mol. The van der Waals surface area contributed by atoms with Crippen LogP contribution in [0.4, 0.5) is 0 Å². The zero-order valence-electron chi connectivity index (χ0n) is 10.7. The van der Waals surface area contributed by atoms with Crippen LogP contribution in [0.1, 0.15) is 31.9 Å². The van der Waals surface area contributed by atoms with Gasteiger partial charge in [-0.2, -0.15) is 0 Å². The first-order valence-corrected chi connectivity index (χ1v) is 6.47. The fourth-order valence-corrected chi connectivity index (χ4v) is 2.75. The molecule has 2 unspecified atom stereocenters. The molecule has 0 saturated carbocycles. The van der Waals surface area contributed by atoms with Gasteiger partial charge in [0.25, 0.3) is 0 Å². The average molecular weight is 234 g/mol. The Balaban J connectivity index is 2.13. The summed E-state index contributed by atoms with van der Waals surface area (Å²) in [5.41, 5.74) is 1.19. The minimum atomic E-state index is 0.356. The van der Waals surface area contributed by atoms with Crippen LogP contribution in [-0.2, 0) is 0 Å². The second kappa shape index (κ2) is 5.52. The second-order valence-corrected chi connectivity index (χ2v) is 4.75. The Morgan fingerprint density at radius 1 is 1.53 bits per heavy atom. The van der Waals surface area contributed by atoms with Crippen LogP contribution < -0.4 is 5.32 Å². The van der Waals surface area contributed by atoms with Gasteiger partial charge in [0, 0.05) is 18.6 Å². The molecule has 3 heteroatoms. The van der Waals surface area contributed by atoms with Gasteiger partial charge in [0.2, 0.25) is 0 Å². The number of phenolic OH excluding ortho intramolecular Hbond substituents is 1. The minimum Gasteiger partial charge on any atom is -0.508 e. The molecule has 3 nitrogen and oxygen atoms in total. The highest BCUT2D eigenvalue weighted by molar-refractivity contribution is 5.29. The molecule has 0 radical (unpaired) electrons. The van der Waals surface area contributed by atoms with Gasteiger partial charge in [-0.15, -0.1) is 0 Å². The number of nitrogens with zero attached hydrogens (tertiary/aromatic N) is 1. The molecule has 17 heavy (non-hydrogen) atoms. The number of benzene rings is 1. The highest BCUT2D eigenvalue weighted by Crippen LogP contribution is 2.26. The predicted octanol–water partition coefficient (Wildman–Crippen LogP) is 2.14. The van der Waals surface area contributed by atoms with E-state index in [1.165, 1.54) is 12.0 Å². The van der Waals surface area contributed by atoms with E-state index in [0.29, 0.717) is 17.8 Å². The molecule has 1 aromatic rings. The number of phenols is 1. The number of rotatable bonds is 4. The van der Waals surface area contributed by atoms with Crippen LogP contribution in [0, 0.1) is 0 Å². The zero-order valence-corrected chi connectivity index (χ0v) is 10.7. The number of aromatic hydroxyl groups is 1. The summed E-state index contributed by atoms with van der Waals surface area (Å²) in [5, 5.41) is 13.0. The number of hydrogen-bond donors (Lipinski definition) is 2. The molecule has 1 aliphatic rings. The summed E-state index contributed by atoms with van der Waals surface area (Å²) < 4.78 is 0. The summed E-state index contributed by atoms with van der Waals surface area (Å²) in [7, 11) is 0. The maximum absolute atomic E-state index is 9.55. The molecule has 1 aliphatic heterocycles. The molecule has 0 aliphatic carbocycles. The van der Waals surface area contributed by atoms with Gasteiger partial charge in [0.05, 0.1) is 0 Å². The average Bonchev–Trinajstić information content (AvgIpc) is 2.83. The van der Waals surface area contributed by atoms with Crippen LogP contribution >= 0.6 is 0 Å². The Bertz CT molecular complexity index is 361. The highest BCUT2D eigenvalue weighted by atomic mass is 16.3. The third-order valence-corrected chi connectivity index (χ3v) is 3.72. The predicted molar refractivity (Wildman–Crippen MR) is 70.2 cm³/mol. The van der Waals surface area contributed by atoms with Crippen LogP contribution in [-0.4, -0.2) is 35.7 Å². The van der Waals surface area contributed by atoms with Crippen LogP contribution in [0.2, 0.25) is 0 Å². The summed E-state index contributed by atoms with van der Waals surface area (Å²) in [6.45, 7) is 7.67. The number of hydrogen-bond acceptors (Lipinski definition) is 3. The summed E-state index contributed by atoms with van der Waals surface area (Å²) in [6, 6.07) is 8.59. The smallest absolute Gasteiger partial charge is 0.115 e. The summed E-state index contributed by atoms with van der Waals surface area (Å²) >= 11 is 0. The van der Waals surface area contributed by atoms with E-state index >= 15 is 0 Å². The van der Waals surface area contributed by atoms with Crippen molar-refractivity contribution < 1.29 is 5.11 Å².